The molecule has 0 bridgehead atoms. The maximum absolute atomic E-state index is 13.1. The number of imidazole rings is 1. The lowest BCUT2D eigenvalue weighted by Gasteiger charge is -2.16. The van der Waals surface area contributed by atoms with Crippen LogP contribution in [0.25, 0.3) is 11.0 Å². The fraction of sp³-hybridized carbons (Fsp3) is 0.462. The molecule has 0 radical (unpaired) electrons. The Labute approximate surface area is 134 Å². The Morgan fingerprint density at radius 2 is 2.04 bits per heavy atom. The smallest absolute Gasteiger partial charge is 0.346 e. The van der Waals surface area contributed by atoms with Gasteiger partial charge in [-0.25, -0.2) is 4.98 Å². The average molecular weight is 351 g/mol. The van der Waals surface area contributed by atoms with Gasteiger partial charge >= 0.3 is 11.9 Å². The van der Waals surface area contributed by atoms with Crippen LogP contribution >= 0.6 is 11.6 Å². The highest BCUT2D eigenvalue weighted by molar-refractivity contribution is 6.35. The van der Waals surface area contributed by atoms with Crippen molar-refractivity contribution >= 4 is 34.3 Å². The van der Waals surface area contributed by atoms with Crippen molar-refractivity contribution in [1.29, 1.82) is 0 Å². The summed E-state index contributed by atoms with van der Waals surface area (Å²) in [6.07, 6.45) is -4.80. The number of halogens is 4. The van der Waals surface area contributed by atoms with Crippen LogP contribution in [0.2, 0.25) is 5.02 Å². The Bertz CT molecular complexity index is 773. The van der Waals surface area contributed by atoms with Crippen LogP contribution in [0.3, 0.4) is 0 Å². The second-order valence-corrected chi connectivity index (χ2v) is 5.26. The molecule has 1 aromatic heterocycles. The molecule has 0 N–H and O–H groups in total. The van der Waals surface area contributed by atoms with E-state index in [1.165, 1.54) is 4.57 Å². The van der Waals surface area contributed by atoms with E-state index in [-0.39, 0.29) is 11.0 Å². The number of nitrogens with zero attached hydrogens (tertiary/aromatic N) is 4. The molecule has 0 saturated carbocycles. The number of rotatable bonds is 4. The molecule has 0 unspecified atom stereocenters. The Kier molecular flexibility index (Phi) is 4.43. The molecule has 126 valence electrons. The van der Waals surface area contributed by atoms with Gasteiger partial charge in [0.25, 0.3) is 0 Å². The Balaban J connectivity index is 2.97. The topological polar surface area (TPSA) is 64.2 Å². The number of nitro benzene ring substituents is 1. The fourth-order valence-corrected chi connectivity index (χ4v) is 2.67. The summed E-state index contributed by atoms with van der Waals surface area (Å²) in [6, 6.07) is 0.754. The zero-order valence-electron chi connectivity index (χ0n) is 12.6. The molecular weight excluding hydrogens is 337 g/mol. The molecule has 0 saturated heterocycles. The van der Waals surface area contributed by atoms with E-state index in [9.17, 15) is 23.3 Å². The minimum Gasteiger partial charge on any atom is -0.346 e. The standard InChI is InChI=1S/C13H14ClF3N4O2/c1-4-19(3)12-18-8-6-7(13(15,16)17)9(14)11(21(22)23)10(8)20(12)5-2/h6H,4-5H2,1-3H3. The van der Waals surface area contributed by atoms with E-state index in [4.69, 9.17) is 11.6 Å². The van der Waals surface area contributed by atoms with Crippen molar-refractivity contribution in [2.75, 3.05) is 18.5 Å². The Hall–Kier alpha value is -2.03. The molecule has 0 fully saturated rings. The predicted octanol–water partition coefficient (Wildman–Crippen LogP) is 4.09. The van der Waals surface area contributed by atoms with Crippen LogP contribution in [0.1, 0.15) is 19.4 Å². The highest BCUT2D eigenvalue weighted by Crippen LogP contribution is 2.44. The molecule has 0 spiro atoms. The van der Waals surface area contributed by atoms with Crippen LogP contribution in [-0.4, -0.2) is 28.1 Å². The van der Waals surface area contributed by atoms with Gasteiger partial charge in [0.05, 0.1) is 16.0 Å². The molecule has 0 aliphatic heterocycles. The lowest BCUT2D eigenvalue weighted by Crippen LogP contribution is -2.20. The van der Waals surface area contributed by atoms with Gasteiger partial charge in [0.15, 0.2) is 5.52 Å². The first-order valence-electron chi connectivity index (χ1n) is 6.78. The SMILES string of the molecule is CCN(C)c1nc2cc(C(F)(F)F)c(Cl)c([N+](=O)[O-])c2n1CC. The lowest BCUT2D eigenvalue weighted by molar-refractivity contribution is -0.383. The summed E-state index contributed by atoms with van der Waals surface area (Å²) in [5.74, 6) is 0.350. The van der Waals surface area contributed by atoms with Gasteiger partial charge in [0.2, 0.25) is 5.95 Å². The highest BCUT2D eigenvalue weighted by atomic mass is 35.5. The predicted molar refractivity (Wildman–Crippen MR) is 81.0 cm³/mol. The summed E-state index contributed by atoms with van der Waals surface area (Å²) in [5, 5.41) is 10.4. The van der Waals surface area contributed by atoms with Crippen LogP contribution < -0.4 is 4.90 Å². The number of hydrogen-bond acceptors (Lipinski definition) is 4. The summed E-state index contributed by atoms with van der Waals surface area (Å²) < 4.78 is 40.7. The first-order chi connectivity index (χ1) is 10.6. The van der Waals surface area contributed by atoms with E-state index in [0.29, 0.717) is 19.0 Å². The molecule has 1 heterocycles. The summed E-state index contributed by atoms with van der Waals surface area (Å²) in [7, 11) is 1.70. The molecule has 23 heavy (non-hydrogen) atoms. The maximum Gasteiger partial charge on any atom is 0.418 e. The van der Waals surface area contributed by atoms with Crippen LogP contribution in [0, 0.1) is 10.1 Å². The van der Waals surface area contributed by atoms with Crippen LogP contribution in [0.5, 0.6) is 0 Å². The summed E-state index contributed by atoms with van der Waals surface area (Å²) in [5.41, 5.74) is -2.15. The first-order valence-corrected chi connectivity index (χ1v) is 7.16. The molecule has 0 atom stereocenters. The number of fused-ring (bicyclic) bond motifs is 1. The number of aromatic nitrogens is 2. The average Bonchev–Trinajstić information content (AvgIpc) is 2.82. The second kappa shape index (κ2) is 5.88. The molecular formula is C13H14ClF3N4O2. The summed E-state index contributed by atoms with van der Waals surface area (Å²) >= 11 is 5.70. The second-order valence-electron chi connectivity index (χ2n) is 4.88. The normalized spacial score (nSPS) is 12.0. The molecule has 1 aromatic carbocycles. The number of hydrogen-bond donors (Lipinski definition) is 0. The zero-order chi connectivity index (χ0) is 17.5. The molecule has 0 amide bonds. The minimum atomic E-state index is -4.80. The van der Waals surface area contributed by atoms with Crippen LogP contribution in [0.15, 0.2) is 6.07 Å². The zero-order valence-corrected chi connectivity index (χ0v) is 13.4. The van der Waals surface area contributed by atoms with Crippen molar-refractivity contribution in [3.63, 3.8) is 0 Å². The van der Waals surface area contributed by atoms with E-state index in [1.807, 2.05) is 6.92 Å². The van der Waals surface area contributed by atoms with E-state index < -0.39 is 27.4 Å². The van der Waals surface area contributed by atoms with Gasteiger partial charge in [0.1, 0.15) is 5.02 Å². The number of aryl methyl sites for hydroxylation is 1. The van der Waals surface area contributed by atoms with E-state index in [0.717, 1.165) is 6.07 Å². The van der Waals surface area contributed by atoms with Gasteiger partial charge in [-0.3, -0.25) is 10.1 Å². The number of anilines is 1. The molecule has 6 nitrogen and oxygen atoms in total. The van der Waals surface area contributed by atoms with Gasteiger partial charge in [-0.1, -0.05) is 11.6 Å². The van der Waals surface area contributed by atoms with Crippen LogP contribution in [0.4, 0.5) is 24.8 Å². The number of benzene rings is 1. The number of alkyl halides is 3. The van der Waals surface area contributed by atoms with Crippen molar-refractivity contribution in [2.24, 2.45) is 0 Å². The van der Waals surface area contributed by atoms with Crippen molar-refractivity contribution in [3.8, 4) is 0 Å². The van der Waals surface area contributed by atoms with Gasteiger partial charge in [-0.2, -0.15) is 13.2 Å². The summed E-state index contributed by atoms with van der Waals surface area (Å²) in [4.78, 5) is 16.3. The van der Waals surface area contributed by atoms with E-state index in [2.05, 4.69) is 4.98 Å². The Morgan fingerprint density at radius 3 is 2.48 bits per heavy atom. The van der Waals surface area contributed by atoms with Crippen molar-refractivity contribution < 1.29 is 18.1 Å². The van der Waals surface area contributed by atoms with Gasteiger partial charge < -0.3 is 9.47 Å². The van der Waals surface area contributed by atoms with Gasteiger partial charge in [-0.05, 0) is 19.9 Å². The summed E-state index contributed by atoms with van der Waals surface area (Å²) in [6.45, 7) is 4.40. The fourth-order valence-electron chi connectivity index (χ4n) is 2.35. The van der Waals surface area contributed by atoms with Crippen molar-refractivity contribution in [1.82, 2.24) is 9.55 Å². The van der Waals surface area contributed by atoms with E-state index in [1.54, 1.807) is 18.9 Å². The van der Waals surface area contributed by atoms with Crippen LogP contribution in [-0.2, 0) is 12.7 Å². The molecule has 2 aromatic rings. The number of nitro groups is 1. The van der Waals surface area contributed by atoms with Gasteiger partial charge in [0, 0.05) is 20.1 Å². The molecule has 10 heteroatoms. The lowest BCUT2D eigenvalue weighted by atomic mass is 10.1. The van der Waals surface area contributed by atoms with E-state index >= 15 is 0 Å². The molecule has 2 rings (SSSR count). The third-order valence-corrected chi connectivity index (χ3v) is 3.93. The minimum absolute atomic E-state index is 0.00852. The molecule has 0 aliphatic rings. The van der Waals surface area contributed by atoms with Crippen molar-refractivity contribution in [2.45, 2.75) is 26.6 Å². The molecule has 0 aliphatic carbocycles. The monoisotopic (exact) mass is 350 g/mol. The quantitative estimate of drug-likeness (QED) is 0.615. The highest BCUT2D eigenvalue weighted by Gasteiger charge is 2.39. The van der Waals surface area contributed by atoms with Gasteiger partial charge in [-0.15, -0.1) is 0 Å². The third kappa shape index (κ3) is 2.80. The Morgan fingerprint density at radius 1 is 1.43 bits per heavy atom. The third-order valence-electron chi connectivity index (χ3n) is 3.54. The van der Waals surface area contributed by atoms with Crippen molar-refractivity contribution in [3.05, 3.63) is 26.8 Å². The first kappa shape index (κ1) is 17.3. The maximum atomic E-state index is 13.1. The largest absolute Gasteiger partial charge is 0.418 e.